The number of allylic oxidation sites excluding steroid dienone is 1. The Morgan fingerprint density at radius 1 is 1.22 bits per heavy atom. The van der Waals surface area contributed by atoms with E-state index in [1.807, 2.05) is 12.2 Å². The van der Waals surface area contributed by atoms with Crippen molar-refractivity contribution in [1.29, 1.82) is 0 Å². The van der Waals surface area contributed by atoms with E-state index in [2.05, 4.69) is 0 Å². The van der Waals surface area contributed by atoms with Gasteiger partial charge in [0.1, 0.15) is 5.78 Å². The van der Waals surface area contributed by atoms with Crippen LogP contribution in [0.25, 0.3) is 6.08 Å². The molecule has 18 heavy (non-hydrogen) atoms. The minimum atomic E-state index is -3.13. The van der Waals surface area contributed by atoms with Crippen molar-refractivity contribution in [1.82, 2.24) is 0 Å². The van der Waals surface area contributed by atoms with Crippen LogP contribution in [0.1, 0.15) is 24.8 Å². The van der Waals surface area contributed by atoms with Crippen molar-refractivity contribution < 1.29 is 13.2 Å². The van der Waals surface area contributed by atoms with E-state index >= 15 is 0 Å². The van der Waals surface area contributed by atoms with Crippen molar-refractivity contribution in [3.63, 3.8) is 0 Å². The summed E-state index contributed by atoms with van der Waals surface area (Å²) in [5.41, 5.74) is 0.960. The van der Waals surface area contributed by atoms with Crippen molar-refractivity contribution >= 4 is 21.7 Å². The summed E-state index contributed by atoms with van der Waals surface area (Å²) in [6, 6.07) is 6.77. The molecule has 1 atom stereocenters. The first kappa shape index (κ1) is 13.0. The summed E-state index contributed by atoms with van der Waals surface area (Å²) >= 11 is 0. The molecule has 1 aromatic rings. The normalized spacial score (nSPS) is 20.7. The lowest BCUT2D eigenvalue weighted by Crippen LogP contribution is -1.96. The number of hydrogen-bond donors (Lipinski definition) is 0. The standard InChI is InChI=1S/C14H16O3S/c1-18(16,17)14-8-5-11(6-9-14)2-3-12-4-7-13(15)10-12/h2-3,5-6,8-9,12H,4,7,10H2,1H3/b3-2+/t12-/m0/s1. The summed E-state index contributed by atoms with van der Waals surface area (Å²) in [6.07, 6.45) is 7.44. The Hall–Kier alpha value is -1.42. The number of sulfone groups is 1. The summed E-state index contributed by atoms with van der Waals surface area (Å²) in [6.45, 7) is 0. The maximum absolute atomic E-state index is 11.3. The van der Waals surface area contributed by atoms with Crippen LogP contribution < -0.4 is 0 Å². The Morgan fingerprint density at radius 3 is 2.39 bits per heavy atom. The number of Topliss-reactive ketones (excluding diaryl/α,β-unsaturated/α-hetero) is 1. The predicted octanol–water partition coefficient (Wildman–Crippen LogP) is 2.47. The van der Waals surface area contributed by atoms with E-state index in [4.69, 9.17) is 0 Å². The number of hydrogen-bond acceptors (Lipinski definition) is 3. The second-order valence-corrected chi connectivity index (χ2v) is 6.76. The summed E-state index contributed by atoms with van der Waals surface area (Å²) in [7, 11) is -3.13. The molecule has 0 radical (unpaired) electrons. The molecule has 0 N–H and O–H groups in total. The third kappa shape index (κ3) is 3.29. The molecule has 1 aliphatic carbocycles. The summed E-state index contributed by atoms with van der Waals surface area (Å²) < 4.78 is 22.6. The molecule has 0 aliphatic heterocycles. The number of ketones is 1. The third-order valence-corrected chi connectivity index (χ3v) is 4.28. The van der Waals surface area contributed by atoms with Crippen molar-refractivity contribution in [2.45, 2.75) is 24.2 Å². The first-order valence-electron chi connectivity index (χ1n) is 5.95. The summed E-state index contributed by atoms with van der Waals surface area (Å²) in [5, 5.41) is 0. The third-order valence-electron chi connectivity index (χ3n) is 3.15. The van der Waals surface area contributed by atoms with Crippen LogP contribution in [0.15, 0.2) is 35.2 Å². The van der Waals surface area contributed by atoms with E-state index < -0.39 is 9.84 Å². The van der Waals surface area contributed by atoms with Crippen molar-refractivity contribution in [3.05, 3.63) is 35.9 Å². The van der Waals surface area contributed by atoms with Crippen LogP contribution in [0.3, 0.4) is 0 Å². The van der Waals surface area contributed by atoms with E-state index in [0.29, 0.717) is 29.4 Å². The molecule has 0 amide bonds. The van der Waals surface area contributed by atoms with Gasteiger partial charge in [-0.2, -0.15) is 0 Å². The fraction of sp³-hybridized carbons (Fsp3) is 0.357. The zero-order valence-electron chi connectivity index (χ0n) is 10.3. The number of rotatable bonds is 3. The van der Waals surface area contributed by atoms with Crippen molar-refractivity contribution in [2.24, 2.45) is 5.92 Å². The molecule has 1 fully saturated rings. The second kappa shape index (κ2) is 5.06. The average Bonchev–Trinajstić information content (AvgIpc) is 2.72. The molecule has 0 unspecified atom stereocenters. The summed E-state index contributed by atoms with van der Waals surface area (Å²) in [5.74, 6) is 0.671. The zero-order valence-corrected chi connectivity index (χ0v) is 11.1. The number of carbonyl (C=O) groups excluding carboxylic acids is 1. The summed E-state index contributed by atoms with van der Waals surface area (Å²) in [4.78, 5) is 11.4. The van der Waals surface area contributed by atoms with Crippen LogP contribution in [-0.4, -0.2) is 20.5 Å². The van der Waals surface area contributed by atoms with Gasteiger partial charge in [0, 0.05) is 19.1 Å². The monoisotopic (exact) mass is 264 g/mol. The maximum Gasteiger partial charge on any atom is 0.175 e. The van der Waals surface area contributed by atoms with E-state index in [-0.39, 0.29) is 0 Å². The van der Waals surface area contributed by atoms with Gasteiger partial charge >= 0.3 is 0 Å². The predicted molar refractivity (Wildman–Crippen MR) is 70.9 cm³/mol. The maximum atomic E-state index is 11.3. The molecular weight excluding hydrogens is 248 g/mol. The van der Waals surface area contributed by atoms with Crippen LogP contribution >= 0.6 is 0 Å². The fourth-order valence-electron chi connectivity index (χ4n) is 2.08. The molecule has 1 saturated carbocycles. The van der Waals surface area contributed by atoms with Crippen LogP contribution in [0, 0.1) is 5.92 Å². The van der Waals surface area contributed by atoms with Gasteiger partial charge in [-0.15, -0.1) is 0 Å². The largest absolute Gasteiger partial charge is 0.300 e. The lowest BCUT2D eigenvalue weighted by Gasteiger charge is -2.01. The Bertz CT molecular complexity index is 568. The average molecular weight is 264 g/mol. The Kier molecular flexibility index (Phi) is 3.66. The molecule has 1 aromatic carbocycles. The molecule has 1 aliphatic rings. The zero-order chi connectivity index (χ0) is 13.2. The minimum Gasteiger partial charge on any atom is -0.300 e. The van der Waals surface area contributed by atoms with Gasteiger partial charge in [-0.1, -0.05) is 24.3 Å². The van der Waals surface area contributed by atoms with Gasteiger partial charge in [-0.3, -0.25) is 4.79 Å². The van der Waals surface area contributed by atoms with Gasteiger partial charge in [0.15, 0.2) is 9.84 Å². The first-order chi connectivity index (χ1) is 8.45. The lowest BCUT2D eigenvalue weighted by atomic mass is 10.1. The molecule has 96 valence electrons. The van der Waals surface area contributed by atoms with Gasteiger partial charge in [0.2, 0.25) is 0 Å². The molecule has 0 spiro atoms. The highest BCUT2D eigenvalue weighted by atomic mass is 32.2. The molecular formula is C14H16O3S. The van der Waals surface area contributed by atoms with Gasteiger partial charge in [0.05, 0.1) is 4.90 Å². The Morgan fingerprint density at radius 2 is 1.89 bits per heavy atom. The minimum absolute atomic E-state index is 0.329. The molecule has 0 saturated heterocycles. The Labute approximate surface area is 107 Å². The van der Waals surface area contributed by atoms with Crippen LogP contribution in [-0.2, 0) is 14.6 Å². The number of benzene rings is 1. The van der Waals surface area contributed by atoms with Crippen LogP contribution in [0.5, 0.6) is 0 Å². The molecule has 0 bridgehead atoms. The fourth-order valence-corrected chi connectivity index (χ4v) is 2.71. The van der Waals surface area contributed by atoms with Crippen molar-refractivity contribution in [3.8, 4) is 0 Å². The molecule has 3 nitrogen and oxygen atoms in total. The molecule has 2 rings (SSSR count). The van der Waals surface area contributed by atoms with Gasteiger partial charge < -0.3 is 0 Å². The first-order valence-corrected chi connectivity index (χ1v) is 7.84. The second-order valence-electron chi connectivity index (χ2n) is 4.74. The highest BCUT2D eigenvalue weighted by Crippen LogP contribution is 2.24. The van der Waals surface area contributed by atoms with Gasteiger partial charge in [-0.05, 0) is 30.0 Å². The molecule has 0 heterocycles. The van der Waals surface area contributed by atoms with E-state index in [0.717, 1.165) is 12.0 Å². The SMILES string of the molecule is CS(=O)(=O)c1ccc(/C=C/[C@H]2CCC(=O)C2)cc1. The van der Waals surface area contributed by atoms with Gasteiger partial charge in [0.25, 0.3) is 0 Å². The quantitative estimate of drug-likeness (QED) is 0.842. The van der Waals surface area contributed by atoms with Gasteiger partial charge in [-0.25, -0.2) is 8.42 Å². The van der Waals surface area contributed by atoms with E-state index in [1.165, 1.54) is 6.26 Å². The highest BCUT2D eigenvalue weighted by Gasteiger charge is 2.19. The molecule has 4 heteroatoms. The highest BCUT2D eigenvalue weighted by molar-refractivity contribution is 7.90. The van der Waals surface area contributed by atoms with E-state index in [9.17, 15) is 13.2 Å². The topological polar surface area (TPSA) is 51.2 Å². The van der Waals surface area contributed by atoms with Crippen LogP contribution in [0.4, 0.5) is 0 Å². The Balaban J connectivity index is 2.07. The van der Waals surface area contributed by atoms with E-state index in [1.54, 1.807) is 24.3 Å². The smallest absolute Gasteiger partial charge is 0.175 e. The van der Waals surface area contributed by atoms with Crippen LogP contribution in [0.2, 0.25) is 0 Å². The molecule has 0 aromatic heterocycles. The number of carbonyl (C=O) groups is 1. The van der Waals surface area contributed by atoms with Crippen molar-refractivity contribution in [2.75, 3.05) is 6.26 Å². The lowest BCUT2D eigenvalue weighted by molar-refractivity contribution is -0.117.